The van der Waals surface area contributed by atoms with Crippen LogP contribution in [0, 0.1) is 6.92 Å². The van der Waals surface area contributed by atoms with Gasteiger partial charge in [0.2, 0.25) is 16.0 Å². The summed E-state index contributed by atoms with van der Waals surface area (Å²) in [5, 5.41) is 0. The van der Waals surface area contributed by atoms with E-state index in [0.717, 1.165) is 41.2 Å². The van der Waals surface area contributed by atoms with Gasteiger partial charge < -0.3 is 15.4 Å². The van der Waals surface area contributed by atoms with Gasteiger partial charge in [-0.1, -0.05) is 0 Å². The number of morpholine rings is 1. The van der Waals surface area contributed by atoms with E-state index in [2.05, 4.69) is 40.5 Å². The average Bonchev–Trinajstić information content (AvgIpc) is 3.16. The Hall–Kier alpha value is -2.45. The molecule has 0 unspecified atom stereocenters. The summed E-state index contributed by atoms with van der Waals surface area (Å²) >= 11 is 1.72. The second kappa shape index (κ2) is 9.78. The van der Waals surface area contributed by atoms with Crippen LogP contribution in [0.3, 0.4) is 0 Å². The number of aromatic nitrogens is 4. The molecule has 5 heterocycles. The summed E-state index contributed by atoms with van der Waals surface area (Å²) in [7, 11) is -3.21. The number of hydrogen-bond acceptors (Lipinski definition) is 11. The molecule has 13 heteroatoms. The van der Waals surface area contributed by atoms with Crippen molar-refractivity contribution >= 4 is 43.3 Å². The van der Waals surface area contributed by atoms with Crippen molar-refractivity contribution in [2.45, 2.75) is 39.4 Å². The van der Waals surface area contributed by atoms with Crippen LogP contribution in [0.1, 0.15) is 24.3 Å². The maximum Gasteiger partial charge on any atom is 0.219 e. The molecule has 2 aliphatic heterocycles. The number of piperazine rings is 1. The van der Waals surface area contributed by atoms with Gasteiger partial charge in [-0.3, -0.25) is 4.90 Å². The molecule has 0 radical (unpaired) electrons. The average molecular weight is 533 g/mol. The molecule has 3 aromatic heterocycles. The smallest absolute Gasteiger partial charge is 0.219 e. The third-order valence-corrected chi connectivity index (χ3v) is 9.45. The Kier molecular flexibility index (Phi) is 6.85. The predicted molar refractivity (Wildman–Crippen MR) is 142 cm³/mol. The summed E-state index contributed by atoms with van der Waals surface area (Å²) in [6.07, 6.45) is 4.59. The molecule has 2 fully saturated rings. The number of fused-ring (bicyclic) bond motifs is 1. The zero-order valence-electron chi connectivity index (χ0n) is 21.0. The zero-order valence-corrected chi connectivity index (χ0v) is 22.6. The van der Waals surface area contributed by atoms with Crippen molar-refractivity contribution in [1.82, 2.24) is 29.1 Å². The molecule has 3 aromatic rings. The molecule has 194 valence electrons. The fraction of sp³-hybridized carbons (Fsp3) is 0.565. The largest absolute Gasteiger partial charge is 0.378 e. The van der Waals surface area contributed by atoms with E-state index in [-0.39, 0.29) is 18.0 Å². The number of hydrogen-bond donors (Lipinski definition) is 1. The Morgan fingerprint density at radius 3 is 2.36 bits per heavy atom. The van der Waals surface area contributed by atoms with Gasteiger partial charge in [0.15, 0.2) is 11.6 Å². The van der Waals surface area contributed by atoms with Crippen molar-refractivity contribution in [2.75, 3.05) is 56.3 Å². The summed E-state index contributed by atoms with van der Waals surface area (Å²) in [5.41, 5.74) is 8.45. The molecular weight excluding hydrogens is 500 g/mol. The highest BCUT2D eigenvalue weighted by Gasteiger charge is 2.34. The molecule has 2 saturated heterocycles. The van der Waals surface area contributed by atoms with E-state index in [4.69, 9.17) is 20.4 Å². The van der Waals surface area contributed by atoms with E-state index in [1.54, 1.807) is 28.0 Å². The van der Waals surface area contributed by atoms with Gasteiger partial charge in [-0.25, -0.2) is 28.4 Å². The van der Waals surface area contributed by atoms with Crippen LogP contribution in [0.25, 0.3) is 21.6 Å². The molecule has 2 atom stereocenters. The Labute approximate surface area is 215 Å². The molecule has 11 nitrogen and oxygen atoms in total. The lowest BCUT2D eigenvalue weighted by molar-refractivity contribution is 0.0710. The lowest BCUT2D eigenvalue weighted by atomic mass is 10.1. The Bertz CT molecular complexity index is 1340. The number of aryl methyl sites for hydroxylation is 1. The van der Waals surface area contributed by atoms with Crippen molar-refractivity contribution in [2.24, 2.45) is 0 Å². The number of ether oxygens (including phenoxy) is 1. The van der Waals surface area contributed by atoms with Gasteiger partial charge in [-0.2, -0.15) is 4.31 Å². The number of sulfonamides is 1. The van der Waals surface area contributed by atoms with Crippen LogP contribution in [0.5, 0.6) is 0 Å². The fourth-order valence-corrected chi connectivity index (χ4v) is 7.14. The number of thiophene rings is 1. The van der Waals surface area contributed by atoms with Crippen LogP contribution < -0.4 is 10.6 Å². The SMILES string of the molecule is Cc1c(CN2[C@H](C)CN(S(C)(=O)=O)C[C@@H]2C)sc2c(N3CCOCC3)nc(-c3cnc(N)nc3)nc12. The van der Waals surface area contributed by atoms with Crippen molar-refractivity contribution in [3.05, 3.63) is 22.8 Å². The van der Waals surface area contributed by atoms with Crippen molar-refractivity contribution in [1.29, 1.82) is 0 Å². The van der Waals surface area contributed by atoms with E-state index in [0.29, 0.717) is 37.7 Å². The number of nitrogens with zero attached hydrogens (tertiary/aromatic N) is 7. The minimum atomic E-state index is -3.21. The molecule has 0 spiro atoms. The van der Waals surface area contributed by atoms with Crippen molar-refractivity contribution in [3.8, 4) is 11.4 Å². The topological polar surface area (TPSA) is 131 Å². The van der Waals surface area contributed by atoms with Gasteiger partial charge in [0.25, 0.3) is 0 Å². The van der Waals surface area contributed by atoms with Crippen LogP contribution >= 0.6 is 11.3 Å². The molecule has 0 aliphatic carbocycles. The molecule has 0 aromatic carbocycles. The lowest BCUT2D eigenvalue weighted by Crippen LogP contribution is -2.57. The Balaban J connectivity index is 1.54. The number of nitrogen functional groups attached to an aromatic ring is 1. The first-order valence-corrected chi connectivity index (χ1v) is 14.7. The fourth-order valence-electron chi connectivity index (χ4n) is 4.90. The van der Waals surface area contributed by atoms with Gasteiger partial charge >= 0.3 is 0 Å². The number of rotatable bonds is 5. The highest BCUT2D eigenvalue weighted by Crippen LogP contribution is 2.38. The van der Waals surface area contributed by atoms with E-state index in [1.165, 1.54) is 11.1 Å². The third kappa shape index (κ3) is 4.90. The second-order valence-electron chi connectivity index (χ2n) is 9.58. The van der Waals surface area contributed by atoms with Gasteiger partial charge in [-0.05, 0) is 26.3 Å². The van der Waals surface area contributed by atoms with Crippen LogP contribution in [0.2, 0.25) is 0 Å². The van der Waals surface area contributed by atoms with E-state index >= 15 is 0 Å². The molecule has 2 N–H and O–H groups in total. The summed E-state index contributed by atoms with van der Waals surface area (Å²) in [6, 6.07) is 0.195. The van der Waals surface area contributed by atoms with Crippen LogP contribution in [0.4, 0.5) is 11.8 Å². The zero-order chi connectivity index (χ0) is 25.6. The standard InChI is InChI=1S/C23H32N8O3S2/c1-14-11-30(36(4,32)33)12-15(2)31(14)13-18-16(3)19-20(35-18)22(29-5-7-34-8-6-29)28-21(27-19)17-9-25-23(24)26-10-17/h9-10,14-15H,5-8,11-13H2,1-4H3,(H2,24,25,26)/t14-,15+. The van der Waals surface area contributed by atoms with E-state index < -0.39 is 10.0 Å². The first-order valence-electron chi connectivity index (χ1n) is 12.0. The van der Waals surface area contributed by atoms with Crippen LogP contribution in [-0.2, 0) is 21.3 Å². The first kappa shape index (κ1) is 25.2. The van der Waals surface area contributed by atoms with E-state index in [1.807, 2.05) is 0 Å². The normalized spacial score (nSPS) is 22.4. The molecule has 36 heavy (non-hydrogen) atoms. The molecule has 5 rings (SSSR count). The van der Waals surface area contributed by atoms with Crippen molar-refractivity contribution < 1.29 is 13.2 Å². The molecule has 0 amide bonds. The van der Waals surface area contributed by atoms with Gasteiger partial charge in [0.1, 0.15) is 0 Å². The minimum Gasteiger partial charge on any atom is -0.378 e. The van der Waals surface area contributed by atoms with Gasteiger partial charge in [0, 0.05) is 62.1 Å². The Morgan fingerprint density at radius 2 is 1.75 bits per heavy atom. The predicted octanol–water partition coefficient (Wildman–Crippen LogP) is 1.73. The highest BCUT2D eigenvalue weighted by molar-refractivity contribution is 7.88. The summed E-state index contributed by atoms with van der Waals surface area (Å²) in [5.74, 6) is 1.68. The van der Waals surface area contributed by atoms with Gasteiger partial charge in [0.05, 0.1) is 35.2 Å². The molecular formula is C23H32N8O3S2. The molecule has 2 aliphatic rings. The summed E-state index contributed by atoms with van der Waals surface area (Å²) < 4.78 is 32.5. The highest BCUT2D eigenvalue weighted by atomic mass is 32.2. The Morgan fingerprint density at radius 1 is 1.11 bits per heavy atom. The molecule has 0 bridgehead atoms. The van der Waals surface area contributed by atoms with Crippen LogP contribution in [0.15, 0.2) is 12.4 Å². The van der Waals surface area contributed by atoms with Gasteiger partial charge in [-0.15, -0.1) is 11.3 Å². The quantitative estimate of drug-likeness (QED) is 0.518. The van der Waals surface area contributed by atoms with Crippen LogP contribution in [-0.4, -0.2) is 95.3 Å². The van der Waals surface area contributed by atoms with E-state index in [9.17, 15) is 8.42 Å². The minimum absolute atomic E-state index is 0.0976. The maximum atomic E-state index is 12.1. The third-order valence-electron chi connectivity index (χ3n) is 6.95. The monoisotopic (exact) mass is 532 g/mol. The number of anilines is 2. The molecule has 0 saturated carbocycles. The second-order valence-corrected chi connectivity index (χ2v) is 12.7. The maximum absolute atomic E-state index is 12.1. The first-order chi connectivity index (χ1) is 17.1. The number of nitrogens with two attached hydrogens (primary N) is 1. The summed E-state index contributed by atoms with van der Waals surface area (Å²) in [4.78, 5) is 24.0. The summed E-state index contributed by atoms with van der Waals surface area (Å²) in [6.45, 7) is 10.8. The van der Waals surface area contributed by atoms with Crippen molar-refractivity contribution in [3.63, 3.8) is 0 Å². The lowest BCUT2D eigenvalue weighted by Gasteiger charge is -2.43.